The molecule has 11 atom stereocenters. The Morgan fingerprint density at radius 1 is 0.811 bits per heavy atom. The van der Waals surface area contributed by atoms with Gasteiger partial charge in [0.05, 0.1) is 17.1 Å². The maximum Gasteiger partial charge on any atom is 0.302 e. The first-order valence-electron chi connectivity index (χ1n) is 15.2. The van der Waals surface area contributed by atoms with Gasteiger partial charge < -0.3 is 19.7 Å². The average molecular weight is 517 g/mol. The summed E-state index contributed by atoms with van der Waals surface area (Å²) >= 11 is 0. The molecular weight excluding hydrogens is 464 g/mol. The second-order valence-corrected chi connectivity index (χ2v) is 16.5. The molecule has 5 saturated carbocycles. The molecule has 210 valence electrons. The van der Waals surface area contributed by atoms with Crippen LogP contribution in [0.3, 0.4) is 0 Å². The van der Waals surface area contributed by atoms with Gasteiger partial charge in [0.15, 0.2) is 6.29 Å². The fraction of sp³-hybridized carbons (Fsp3) is 0.969. The number of aliphatic hydroxyl groups excluding tert-OH is 2. The highest BCUT2D eigenvalue weighted by Crippen LogP contribution is 2.81. The molecule has 2 bridgehead atoms. The molecule has 6 aliphatic rings. The van der Waals surface area contributed by atoms with E-state index >= 15 is 0 Å². The van der Waals surface area contributed by atoms with Crippen LogP contribution in [0.25, 0.3) is 0 Å². The number of carbonyl (C=O) groups is 1. The van der Waals surface area contributed by atoms with Crippen molar-refractivity contribution in [3.8, 4) is 0 Å². The molecule has 0 radical (unpaired) electrons. The lowest BCUT2D eigenvalue weighted by Crippen LogP contribution is -2.74. The highest BCUT2D eigenvalue weighted by atomic mass is 16.6. The summed E-state index contributed by atoms with van der Waals surface area (Å²) in [5.74, 6) is 1.04. The van der Waals surface area contributed by atoms with Crippen molar-refractivity contribution in [2.75, 3.05) is 0 Å². The minimum absolute atomic E-state index is 0.0135. The van der Waals surface area contributed by atoms with Crippen molar-refractivity contribution in [2.45, 2.75) is 144 Å². The van der Waals surface area contributed by atoms with E-state index in [2.05, 4.69) is 48.5 Å². The fourth-order valence-electron chi connectivity index (χ4n) is 12.5. The number of hydrogen-bond donors (Lipinski definition) is 2. The minimum Gasteiger partial charge on any atom is -0.462 e. The van der Waals surface area contributed by atoms with Crippen LogP contribution in [0.5, 0.6) is 0 Å². The predicted octanol–water partition coefficient (Wildman–Crippen LogP) is 6.24. The van der Waals surface area contributed by atoms with Gasteiger partial charge in [0.25, 0.3) is 0 Å². The lowest BCUT2D eigenvalue weighted by molar-refractivity contribution is -0.303. The average Bonchev–Trinajstić information content (AvgIpc) is 2.98. The third-order valence-corrected chi connectivity index (χ3v) is 14.5. The number of carbonyl (C=O) groups excluding carboxylic acids is 1. The monoisotopic (exact) mass is 516 g/mol. The zero-order chi connectivity index (χ0) is 27.0. The summed E-state index contributed by atoms with van der Waals surface area (Å²) in [6.45, 7) is 18.4. The lowest BCUT2D eigenvalue weighted by atomic mass is 9.30. The van der Waals surface area contributed by atoms with Crippen LogP contribution in [0, 0.1) is 50.2 Å². The fourth-order valence-corrected chi connectivity index (χ4v) is 12.5. The molecule has 0 amide bonds. The van der Waals surface area contributed by atoms with E-state index < -0.39 is 17.8 Å². The molecule has 2 N–H and O–H groups in total. The Kier molecular flexibility index (Phi) is 5.42. The summed E-state index contributed by atoms with van der Waals surface area (Å²) in [7, 11) is 0. The van der Waals surface area contributed by atoms with E-state index in [1.54, 1.807) is 6.92 Å². The van der Waals surface area contributed by atoms with E-state index in [0.29, 0.717) is 11.8 Å². The van der Waals surface area contributed by atoms with Crippen LogP contribution in [-0.2, 0) is 14.3 Å². The SMILES string of the molecule is CC(=O)O[C@H]1CC[C@]2(C)[C@H]3CC[C@]45OC(O)[C@@]6(CCC(C)(C)C[C@H]64)[C@H](O)C[C@@]5(C)[C@]3(C)CC[C@H]2C1(C)C. The number of esters is 1. The molecule has 1 spiro atoms. The number of fused-ring (bicyclic) bond motifs is 4. The highest BCUT2D eigenvalue weighted by molar-refractivity contribution is 5.66. The van der Waals surface area contributed by atoms with E-state index in [0.717, 1.165) is 64.2 Å². The van der Waals surface area contributed by atoms with Crippen molar-refractivity contribution < 1.29 is 24.5 Å². The molecule has 5 nitrogen and oxygen atoms in total. The molecule has 0 aromatic carbocycles. The molecule has 6 rings (SSSR count). The predicted molar refractivity (Wildman–Crippen MR) is 142 cm³/mol. The second-order valence-electron chi connectivity index (χ2n) is 16.5. The summed E-state index contributed by atoms with van der Waals surface area (Å²) in [5.41, 5.74) is -0.782. The molecule has 1 aliphatic heterocycles. The quantitative estimate of drug-likeness (QED) is 0.403. The Morgan fingerprint density at radius 2 is 1.49 bits per heavy atom. The third kappa shape index (κ3) is 2.95. The van der Waals surface area contributed by atoms with Crippen molar-refractivity contribution in [3.63, 3.8) is 0 Å². The maximum atomic E-state index is 11.9. The first kappa shape index (κ1) is 26.6. The van der Waals surface area contributed by atoms with Crippen molar-refractivity contribution in [1.29, 1.82) is 0 Å². The Hall–Kier alpha value is -0.650. The maximum absolute atomic E-state index is 11.9. The van der Waals surface area contributed by atoms with E-state index in [1.807, 2.05) is 0 Å². The summed E-state index contributed by atoms with van der Waals surface area (Å²) in [6.07, 6.45) is 8.53. The first-order valence-corrected chi connectivity index (χ1v) is 15.2. The molecule has 1 saturated heterocycles. The molecule has 0 aromatic rings. The molecule has 5 aliphatic carbocycles. The standard InChI is InChI=1S/C32H52O5/c1-19(33)36-24-11-12-28(6)20(27(24,4)5)9-13-29(7)21(28)10-14-32-22-17-26(2,3)15-16-31(22,25(35)37-32)23(34)18-30(29,32)8/h20-25,34-35H,9-18H2,1-8H3/t20-,21+,22+,23+,24-,25?,28-,29+,30-,31+,32-/m0/s1. The normalized spacial score (nSPS) is 57.4. The Morgan fingerprint density at radius 3 is 2.16 bits per heavy atom. The Balaban J connectivity index is 1.42. The van der Waals surface area contributed by atoms with Gasteiger partial charge in [-0.2, -0.15) is 0 Å². The largest absolute Gasteiger partial charge is 0.462 e. The Labute approximate surface area is 224 Å². The number of hydrogen-bond acceptors (Lipinski definition) is 5. The van der Waals surface area contributed by atoms with Crippen molar-refractivity contribution in [2.24, 2.45) is 50.2 Å². The highest BCUT2D eigenvalue weighted by Gasteiger charge is 2.82. The molecule has 6 fully saturated rings. The summed E-state index contributed by atoms with van der Waals surface area (Å²) in [5, 5.41) is 23.5. The van der Waals surface area contributed by atoms with Gasteiger partial charge in [-0.05, 0) is 92.3 Å². The van der Waals surface area contributed by atoms with Crippen molar-refractivity contribution >= 4 is 5.97 Å². The zero-order valence-corrected chi connectivity index (χ0v) is 24.7. The molecule has 37 heavy (non-hydrogen) atoms. The van der Waals surface area contributed by atoms with Gasteiger partial charge in [0, 0.05) is 23.7 Å². The summed E-state index contributed by atoms with van der Waals surface area (Å²) in [4.78, 5) is 11.9. The van der Waals surface area contributed by atoms with Gasteiger partial charge in [-0.25, -0.2) is 0 Å². The first-order chi connectivity index (χ1) is 17.0. The smallest absolute Gasteiger partial charge is 0.302 e. The molecule has 0 aromatic heterocycles. The molecule has 1 unspecified atom stereocenters. The van der Waals surface area contributed by atoms with E-state index in [9.17, 15) is 15.0 Å². The van der Waals surface area contributed by atoms with Gasteiger partial charge in [-0.1, -0.05) is 48.5 Å². The van der Waals surface area contributed by atoms with E-state index in [4.69, 9.17) is 9.47 Å². The van der Waals surface area contributed by atoms with Gasteiger partial charge >= 0.3 is 5.97 Å². The van der Waals surface area contributed by atoms with Gasteiger partial charge in [0.1, 0.15) is 6.10 Å². The van der Waals surface area contributed by atoms with Crippen LogP contribution in [0.15, 0.2) is 0 Å². The topological polar surface area (TPSA) is 76.0 Å². The number of aliphatic hydroxyl groups is 2. The van der Waals surface area contributed by atoms with Gasteiger partial charge in [0.2, 0.25) is 0 Å². The van der Waals surface area contributed by atoms with Gasteiger partial charge in [-0.15, -0.1) is 0 Å². The third-order valence-electron chi connectivity index (χ3n) is 14.5. The van der Waals surface area contributed by atoms with E-state index in [1.165, 1.54) is 0 Å². The zero-order valence-electron chi connectivity index (χ0n) is 24.7. The van der Waals surface area contributed by atoms with Crippen molar-refractivity contribution in [1.82, 2.24) is 0 Å². The number of ether oxygens (including phenoxy) is 2. The summed E-state index contributed by atoms with van der Waals surface area (Å²) in [6, 6.07) is 0. The lowest BCUT2D eigenvalue weighted by Gasteiger charge is -2.74. The molecule has 1 heterocycles. The molecular formula is C32H52O5. The minimum atomic E-state index is -0.865. The van der Waals surface area contributed by atoms with Crippen LogP contribution >= 0.6 is 0 Å². The van der Waals surface area contributed by atoms with Crippen LogP contribution < -0.4 is 0 Å². The second kappa shape index (κ2) is 7.55. The van der Waals surface area contributed by atoms with Crippen LogP contribution in [0.4, 0.5) is 0 Å². The van der Waals surface area contributed by atoms with Crippen LogP contribution in [-0.4, -0.2) is 40.3 Å². The number of rotatable bonds is 1. The Bertz CT molecular complexity index is 990. The summed E-state index contributed by atoms with van der Waals surface area (Å²) < 4.78 is 12.8. The van der Waals surface area contributed by atoms with Crippen LogP contribution in [0.1, 0.15) is 120 Å². The van der Waals surface area contributed by atoms with Gasteiger partial charge in [-0.3, -0.25) is 4.79 Å². The van der Waals surface area contributed by atoms with E-state index in [-0.39, 0.29) is 50.7 Å². The van der Waals surface area contributed by atoms with Crippen LogP contribution in [0.2, 0.25) is 0 Å². The van der Waals surface area contributed by atoms with Crippen molar-refractivity contribution in [3.05, 3.63) is 0 Å². The molecule has 5 heteroatoms.